The van der Waals surface area contributed by atoms with Crippen LogP contribution in [-0.4, -0.2) is 69.8 Å². The van der Waals surface area contributed by atoms with E-state index in [4.69, 9.17) is 18.5 Å². The van der Waals surface area contributed by atoms with Crippen LogP contribution < -0.4 is 4.89 Å². The maximum atomic E-state index is 12.6. The van der Waals surface area contributed by atoms with Gasteiger partial charge < -0.3 is 27.9 Å². The molecule has 0 radical (unpaired) electrons. The number of unbranched alkanes of at least 4 members (excludes halogenated alkanes) is 17. The van der Waals surface area contributed by atoms with Gasteiger partial charge in [-0.05, 0) is 57.1 Å². The van der Waals surface area contributed by atoms with Crippen molar-refractivity contribution in [1.82, 2.24) is 0 Å². The molecule has 324 valence electrons. The van der Waals surface area contributed by atoms with Crippen LogP contribution in [-0.2, 0) is 32.7 Å². The summed E-state index contributed by atoms with van der Waals surface area (Å²) >= 11 is 0. The summed E-state index contributed by atoms with van der Waals surface area (Å²) in [6, 6.07) is 0. The third kappa shape index (κ3) is 41.3. The molecule has 0 saturated carbocycles. The van der Waals surface area contributed by atoms with Crippen LogP contribution in [0.1, 0.15) is 168 Å². The van der Waals surface area contributed by atoms with Gasteiger partial charge in [0.15, 0.2) is 11.9 Å². The minimum Gasteiger partial charge on any atom is -0.756 e. The number of allylic oxidation sites excluding steroid dienone is 9. The van der Waals surface area contributed by atoms with E-state index < -0.39 is 19.9 Å². The first-order valence-corrected chi connectivity index (χ1v) is 23.5. The lowest BCUT2D eigenvalue weighted by atomic mass is 10.0. The van der Waals surface area contributed by atoms with Gasteiger partial charge in [0.25, 0.3) is 7.82 Å². The van der Waals surface area contributed by atoms with Crippen molar-refractivity contribution in [2.24, 2.45) is 0 Å². The molecular weight excluding hydrogens is 725 g/mol. The molecular formula is C46H82NO8P. The number of ether oxygens (including phenoxy) is 2. The van der Waals surface area contributed by atoms with E-state index >= 15 is 0 Å². The number of phosphoric ester groups is 1. The molecule has 0 aromatic rings. The highest BCUT2D eigenvalue weighted by Crippen LogP contribution is 2.38. The van der Waals surface area contributed by atoms with E-state index in [1.807, 2.05) is 45.4 Å². The number of esters is 1. The first-order chi connectivity index (χ1) is 27.0. The van der Waals surface area contributed by atoms with Crippen molar-refractivity contribution in [3.63, 3.8) is 0 Å². The van der Waals surface area contributed by atoms with Crippen LogP contribution in [0.3, 0.4) is 0 Å². The Balaban J connectivity index is 4.44. The normalized spacial score (nSPS) is 14.2. The Morgan fingerprint density at radius 1 is 0.625 bits per heavy atom. The third-order valence-electron chi connectivity index (χ3n) is 9.11. The van der Waals surface area contributed by atoms with Crippen LogP contribution in [0, 0.1) is 0 Å². The van der Waals surface area contributed by atoms with Crippen LogP contribution in [0.25, 0.3) is 0 Å². The second kappa shape index (κ2) is 38.2. The molecule has 0 heterocycles. The molecule has 1 unspecified atom stereocenters. The molecule has 0 spiro atoms. The minimum atomic E-state index is -4.57. The van der Waals surface area contributed by atoms with Crippen molar-refractivity contribution < 1.29 is 42.1 Å². The molecule has 0 amide bonds. The Bertz CT molecular complexity index is 1140. The molecule has 0 aromatic heterocycles. The highest BCUT2D eigenvalue weighted by molar-refractivity contribution is 7.45. The summed E-state index contributed by atoms with van der Waals surface area (Å²) in [6.45, 7) is 4.48. The standard InChI is InChI=1S/C46H82NO8P/c1-6-8-10-11-12-13-14-15-16-17-18-22-25-28-31-35-40-52-42-45(43-54-56(50,51)53-41-39-47(3,4)5)55-46(49)38-34-30-27-24-21-19-20-23-26-29-33-37-44(48)36-32-9-7-2/h19-20,24,26-27,29,33,35,37,40,45H,6-18,21-23,25,28,30-32,34,36,38-39,41-43H2,1-5H3/b20-19-,27-24-,29-26-,37-33+,40-35+/t45-/m1/s1. The molecule has 56 heavy (non-hydrogen) atoms. The smallest absolute Gasteiger partial charge is 0.306 e. The molecule has 0 saturated heterocycles. The van der Waals surface area contributed by atoms with E-state index in [1.54, 1.807) is 18.4 Å². The summed E-state index contributed by atoms with van der Waals surface area (Å²) in [5.74, 6) is -0.256. The molecule has 0 aliphatic carbocycles. The summed E-state index contributed by atoms with van der Waals surface area (Å²) in [6.07, 6.45) is 44.6. The van der Waals surface area contributed by atoms with Crippen molar-refractivity contribution in [2.45, 2.75) is 174 Å². The molecule has 0 rings (SSSR count). The molecule has 0 N–H and O–H groups in total. The monoisotopic (exact) mass is 808 g/mol. The van der Waals surface area contributed by atoms with E-state index in [2.05, 4.69) is 32.1 Å². The van der Waals surface area contributed by atoms with Crippen molar-refractivity contribution in [1.29, 1.82) is 0 Å². The largest absolute Gasteiger partial charge is 0.756 e. The van der Waals surface area contributed by atoms with Gasteiger partial charge in [0, 0.05) is 12.8 Å². The number of carbonyl (C=O) groups is 2. The summed E-state index contributed by atoms with van der Waals surface area (Å²) in [5.41, 5.74) is 0. The molecule has 0 bridgehead atoms. The molecule has 9 nitrogen and oxygen atoms in total. The fourth-order valence-electron chi connectivity index (χ4n) is 5.64. The average Bonchev–Trinajstić information content (AvgIpc) is 3.14. The van der Waals surface area contributed by atoms with Crippen molar-refractivity contribution >= 4 is 19.6 Å². The fraction of sp³-hybridized carbons (Fsp3) is 0.739. The molecule has 0 aliphatic rings. The Morgan fingerprint density at radius 3 is 1.80 bits per heavy atom. The zero-order chi connectivity index (χ0) is 41.4. The van der Waals surface area contributed by atoms with E-state index in [0.29, 0.717) is 23.9 Å². The Morgan fingerprint density at radius 2 is 1.18 bits per heavy atom. The molecule has 0 fully saturated rings. The maximum Gasteiger partial charge on any atom is 0.306 e. The zero-order valence-corrected chi connectivity index (χ0v) is 37.2. The quantitative estimate of drug-likeness (QED) is 0.00879. The molecule has 0 aromatic carbocycles. The Hall–Kier alpha value is -2.29. The number of hydrogen-bond acceptors (Lipinski definition) is 8. The fourth-order valence-corrected chi connectivity index (χ4v) is 6.36. The van der Waals surface area contributed by atoms with Crippen LogP contribution in [0.2, 0.25) is 0 Å². The van der Waals surface area contributed by atoms with Gasteiger partial charge in [-0.3, -0.25) is 14.2 Å². The molecule has 10 heteroatoms. The second-order valence-electron chi connectivity index (χ2n) is 15.8. The van der Waals surface area contributed by atoms with Gasteiger partial charge in [-0.2, -0.15) is 0 Å². The Labute approximate surface area is 343 Å². The number of ketones is 1. The summed E-state index contributed by atoms with van der Waals surface area (Å²) in [5, 5.41) is 0. The van der Waals surface area contributed by atoms with Crippen molar-refractivity contribution in [3.05, 3.63) is 60.9 Å². The lowest BCUT2D eigenvalue weighted by molar-refractivity contribution is -0.870. The van der Waals surface area contributed by atoms with E-state index in [1.165, 1.54) is 83.5 Å². The first kappa shape index (κ1) is 53.7. The van der Waals surface area contributed by atoms with Gasteiger partial charge >= 0.3 is 5.97 Å². The van der Waals surface area contributed by atoms with Crippen LogP contribution in [0.5, 0.6) is 0 Å². The highest BCUT2D eigenvalue weighted by atomic mass is 31.2. The van der Waals surface area contributed by atoms with E-state index in [9.17, 15) is 19.0 Å². The second-order valence-corrected chi connectivity index (χ2v) is 17.2. The van der Waals surface area contributed by atoms with Gasteiger partial charge in [-0.25, -0.2) is 0 Å². The van der Waals surface area contributed by atoms with Crippen LogP contribution >= 0.6 is 7.82 Å². The summed E-state index contributed by atoms with van der Waals surface area (Å²) in [4.78, 5) is 36.7. The number of nitrogens with zero attached hydrogens (tertiary/aromatic N) is 1. The van der Waals surface area contributed by atoms with Crippen molar-refractivity contribution in [2.75, 3.05) is 47.5 Å². The van der Waals surface area contributed by atoms with Gasteiger partial charge in [0.2, 0.25) is 0 Å². The molecule has 2 atom stereocenters. The van der Waals surface area contributed by atoms with Gasteiger partial charge in [-0.15, -0.1) is 0 Å². The first-order valence-electron chi connectivity index (χ1n) is 22.0. The number of hydrogen-bond donors (Lipinski definition) is 0. The lowest BCUT2D eigenvalue weighted by Gasteiger charge is -2.28. The van der Waals surface area contributed by atoms with E-state index in [-0.39, 0.29) is 32.0 Å². The summed E-state index contributed by atoms with van der Waals surface area (Å²) in [7, 11) is 1.25. The van der Waals surface area contributed by atoms with Gasteiger partial charge in [0.1, 0.15) is 19.8 Å². The number of rotatable bonds is 40. The number of carbonyl (C=O) groups excluding carboxylic acids is 2. The zero-order valence-electron chi connectivity index (χ0n) is 36.3. The maximum absolute atomic E-state index is 12.6. The lowest BCUT2D eigenvalue weighted by Crippen LogP contribution is -2.37. The van der Waals surface area contributed by atoms with Crippen LogP contribution in [0.15, 0.2) is 60.9 Å². The third-order valence-corrected chi connectivity index (χ3v) is 10.1. The highest BCUT2D eigenvalue weighted by Gasteiger charge is 2.20. The van der Waals surface area contributed by atoms with Crippen LogP contribution in [0.4, 0.5) is 0 Å². The SMILES string of the molecule is CCCCCCCCCCCCCCCC/C=C/OC[C@H](COP(=O)([O-])OCC[N+](C)(C)C)OC(=O)CCC/C=C\C/C=C\C/C=C\C=C\C(=O)CCCCC. The number of quaternary nitrogens is 1. The number of phosphoric acid groups is 1. The topological polar surface area (TPSA) is 111 Å². The van der Waals surface area contributed by atoms with Crippen molar-refractivity contribution in [3.8, 4) is 0 Å². The van der Waals surface area contributed by atoms with Gasteiger partial charge in [-0.1, -0.05) is 153 Å². The average molecular weight is 808 g/mol. The number of likely N-dealkylation sites (N-methyl/N-ethyl adjacent to an activating group) is 1. The van der Waals surface area contributed by atoms with Gasteiger partial charge in [0.05, 0.1) is 34.0 Å². The Kier molecular flexibility index (Phi) is 36.7. The predicted octanol–water partition coefficient (Wildman–Crippen LogP) is 11.8. The molecule has 0 aliphatic heterocycles. The summed E-state index contributed by atoms with van der Waals surface area (Å²) < 4.78 is 34.2. The minimum absolute atomic E-state index is 0.00629. The predicted molar refractivity (Wildman–Crippen MR) is 231 cm³/mol. The van der Waals surface area contributed by atoms with E-state index in [0.717, 1.165) is 51.4 Å².